The highest BCUT2D eigenvalue weighted by Gasteiger charge is 2.18. The van der Waals surface area contributed by atoms with E-state index < -0.39 is 5.82 Å². The van der Waals surface area contributed by atoms with Crippen molar-refractivity contribution in [3.63, 3.8) is 0 Å². The number of hydrogen-bond acceptors (Lipinski definition) is 4. The van der Waals surface area contributed by atoms with Crippen LogP contribution in [0.4, 0.5) is 10.1 Å². The van der Waals surface area contributed by atoms with Crippen LogP contribution in [0, 0.1) is 12.7 Å². The first-order chi connectivity index (χ1) is 15.4. The van der Waals surface area contributed by atoms with Gasteiger partial charge in [-0.05, 0) is 67.1 Å². The van der Waals surface area contributed by atoms with Gasteiger partial charge in [0.15, 0.2) is 11.0 Å². The third-order valence-electron chi connectivity index (χ3n) is 4.53. The predicted molar refractivity (Wildman–Crippen MR) is 127 cm³/mol. The summed E-state index contributed by atoms with van der Waals surface area (Å²) in [5.74, 6) is -0.0930. The Balaban J connectivity index is 1.60. The van der Waals surface area contributed by atoms with Crippen molar-refractivity contribution in [3.05, 3.63) is 88.2 Å². The number of benzene rings is 3. The fraction of sp³-hybridized carbons (Fsp3) is 0.0870. The van der Waals surface area contributed by atoms with Gasteiger partial charge in [-0.25, -0.2) is 4.39 Å². The molecule has 0 bridgehead atoms. The fourth-order valence-corrected chi connectivity index (χ4v) is 4.11. The number of aromatic nitrogens is 3. The summed E-state index contributed by atoms with van der Waals surface area (Å²) in [5.41, 5.74) is 3.23. The minimum absolute atomic E-state index is 0.0535. The summed E-state index contributed by atoms with van der Waals surface area (Å²) in [6.07, 6.45) is 0. The summed E-state index contributed by atoms with van der Waals surface area (Å²) in [4.78, 5) is 12.5. The average molecular weight is 487 g/mol. The second kappa shape index (κ2) is 9.73. The Morgan fingerprint density at radius 1 is 1.06 bits per heavy atom. The molecule has 9 heteroatoms. The number of hydrogen-bond donors (Lipinski definition) is 1. The van der Waals surface area contributed by atoms with Crippen LogP contribution in [0.3, 0.4) is 0 Å². The molecule has 0 spiro atoms. The molecule has 3 aromatic carbocycles. The Kier molecular flexibility index (Phi) is 6.79. The van der Waals surface area contributed by atoms with Crippen LogP contribution in [0.1, 0.15) is 5.56 Å². The van der Waals surface area contributed by atoms with Crippen molar-refractivity contribution in [3.8, 4) is 17.1 Å². The second-order valence-corrected chi connectivity index (χ2v) is 8.74. The molecule has 0 radical (unpaired) electrons. The number of rotatable bonds is 6. The lowest BCUT2D eigenvalue weighted by Crippen LogP contribution is -2.14. The Morgan fingerprint density at radius 3 is 2.56 bits per heavy atom. The van der Waals surface area contributed by atoms with E-state index in [1.54, 1.807) is 12.1 Å². The number of anilines is 1. The van der Waals surface area contributed by atoms with Crippen LogP contribution in [-0.4, -0.2) is 26.4 Å². The van der Waals surface area contributed by atoms with Crippen LogP contribution >= 0.6 is 35.0 Å². The molecule has 0 aliphatic carbocycles. The van der Waals surface area contributed by atoms with Gasteiger partial charge in [0.05, 0.1) is 10.8 Å². The molecule has 0 saturated carbocycles. The Bertz CT molecular complexity index is 1280. The molecule has 1 amide bonds. The van der Waals surface area contributed by atoms with Crippen LogP contribution in [0.2, 0.25) is 10.0 Å². The molecule has 0 aliphatic heterocycles. The van der Waals surface area contributed by atoms with Crippen molar-refractivity contribution < 1.29 is 9.18 Å². The lowest BCUT2D eigenvalue weighted by atomic mass is 10.2. The summed E-state index contributed by atoms with van der Waals surface area (Å²) < 4.78 is 15.2. The topological polar surface area (TPSA) is 59.8 Å². The normalized spacial score (nSPS) is 10.9. The van der Waals surface area contributed by atoms with Gasteiger partial charge in [-0.1, -0.05) is 47.1 Å². The van der Waals surface area contributed by atoms with Gasteiger partial charge in [-0.3, -0.25) is 9.36 Å². The summed E-state index contributed by atoms with van der Waals surface area (Å²) in [6.45, 7) is 2.00. The van der Waals surface area contributed by atoms with E-state index in [0.717, 1.165) is 16.8 Å². The largest absolute Gasteiger partial charge is 0.325 e. The van der Waals surface area contributed by atoms with Gasteiger partial charge >= 0.3 is 0 Å². The van der Waals surface area contributed by atoms with Gasteiger partial charge in [0.2, 0.25) is 5.91 Å². The molecule has 1 N–H and O–H groups in total. The highest BCUT2D eigenvalue weighted by Crippen LogP contribution is 2.29. The highest BCUT2D eigenvalue weighted by atomic mass is 35.5. The zero-order valence-electron chi connectivity index (χ0n) is 16.8. The van der Waals surface area contributed by atoms with E-state index in [1.165, 1.54) is 30.0 Å². The summed E-state index contributed by atoms with van der Waals surface area (Å²) in [5, 5.41) is 12.5. The van der Waals surface area contributed by atoms with Crippen LogP contribution in [0.15, 0.2) is 71.9 Å². The van der Waals surface area contributed by atoms with Gasteiger partial charge in [0.25, 0.3) is 0 Å². The SMILES string of the molecule is Cc1cccc(-n2c(SCC(=O)Nc3ccc(F)c(Cl)c3)nnc2-c2ccc(Cl)cc2)c1. The van der Waals surface area contributed by atoms with Gasteiger partial charge in [-0.15, -0.1) is 10.2 Å². The van der Waals surface area contributed by atoms with Gasteiger partial charge in [0.1, 0.15) is 5.82 Å². The van der Waals surface area contributed by atoms with E-state index in [0.29, 0.717) is 21.7 Å². The molecule has 0 atom stereocenters. The molecule has 4 rings (SSSR count). The number of nitrogens with zero attached hydrogens (tertiary/aromatic N) is 3. The maximum Gasteiger partial charge on any atom is 0.234 e. The average Bonchev–Trinajstić information content (AvgIpc) is 3.19. The third kappa shape index (κ3) is 5.12. The second-order valence-electron chi connectivity index (χ2n) is 6.95. The standard InChI is InChI=1S/C23H17Cl2FN4OS/c1-14-3-2-4-18(11-14)30-22(15-5-7-16(24)8-6-15)28-29-23(30)32-13-21(31)27-17-9-10-20(26)19(25)12-17/h2-12H,13H2,1H3,(H,27,31). The maximum absolute atomic E-state index is 13.3. The van der Waals surface area contributed by atoms with Crippen molar-refractivity contribution in [2.75, 3.05) is 11.1 Å². The molecule has 32 heavy (non-hydrogen) atoms. The molecule has 5 nitrogen and oxygen atoms in total. The van der Waals surface area contributed by atoms with E-state index in [2.05, 4.69) is 15.5 Å². The van der Waals surface area contributed by atoms with Gasteiger partial charge in [-0.2, -0.15) is 0 Å². The fourth-order valence-electron chi connectivity index (χ4n) is 3.05. The Morgan fingerprint density at radius 2 is 1.84 bits per heavy atom. The monoisotopic (exact) mass is 486 g/mol. The van der Waals surface area contributed by atoms with E-state index in [9.17, 15) is 9.18 Å². The zero-order chi connectivity index (χ0) is 22.7. The summed E-state index contributed by atoms with van der Waals surface area (Å²) in [7, 11) is 0. The Labute approximate surface area is 198 Å². The van der Waals surface area contributed by atoms with Crippen LogP contribution in [0.25, 0.3) is 17.1 Å². The van der Waals surface area contributed by atoms with E-state index >= 15 is 0 Å². The molecule has 0 saturated heterocycles. The molecular weight excluding hydrogens is 470 g/mol. The minimum Gasteiger partial charge on any atom is -0.325 e. The quantitative estimate of drug-likeness (QED) is 0.319. The molecule has 162 valence electrons. The summed E-state index contributed by atoms with van der Waals surface area (Å²) >= 11 is 13.1. The minimum atomic E-state index is -0.542. The van der Waals surface area contributed by atoms with E-state index in [4.69, 9.17) is 23.2 Å². The molecule has 0 unspecified atom stereocenters. The lowest BCUT2D eigenvalue weighted by molar-refractivity contribution is -0.113. The van der Waals surface area contributed by atoms with Crippen LogP contribution in [0.5, 0.6) is 0 Å². The number of carbonyl (C=O) groups excluding carboxylic acids is 1. The molecular formula is C23H17Cl2FN4OS. The third-order valence-corrected chi connectivity index (χ3v) is 6.00. The van der Waals surface area contributed by atoms with Crippen molar-refractivity contribution in [2.45, 2.75) is 12.1 Å². The van der Waals surface area contributed by atoms with Gasteiger partial charge < -0.3 is 5.32 Å². The first kappa shape index (κ1) is 22.3. The number of thioether (sulfide) groups is 1. The van der Waals surface area contributed by atoms with Crippen LogP contribution in [-0.2, 0) is 4.79 Å². The van der Waals surface area contributed by atoms with Crippen molar-refractivity contribution >= 4 is 46.6 Å². The number of amides is 1. The molecule has 4 aromatic rings. The highest BCUT2D eigenvalue weighted by molar-refractivity contribution is 7.99. The lowest BCUT2D eigenvalue weighted by Gasteiger charge is -2.11. The van der Waals surface area contributed by atoms with E-state index in [1.807, 2.05) is 47.9 Å². The van der Waals surface area contributed by atoms with Crippen molar-refractivity contribution in [1.29, 1.82) is 0 Å². The summed E-state index contributed by atoms with van der Waals surface area (Å²) in [6, 6.07) is 19.3. The first-order valence-electron chi connectivity index (χ1n) is 9.57. The number of aryl methyl sites for hydroxylation is 1. The molecule has 1 heterocycles. The first-order valence-corrected chi connectivity index (χ1v) is 11.3. The number of carbonyl (C=O) groups is 1. The van der Waals surface area contributed by atoms with E-state index in [-0.39, 0.29) is 16.7 Å². The van der Waals surface area contributed by atoms with Crippen molar-refractivity contribution in [2.24, 2.45) is 0 Å². The maximum atomic E-state index is 13.3. The molecule has 0 aliphatic rings. The van der Waals surface area contributed by atoms with Gasteiger partial charge in [0, 0.05) is 22.0 Å². The Hall–Kier alpha value is -2.87. The molecule has 1 aromatic heterocycles. The molecule has 0 fully saturated rings. The number of halogens is 3. The van der Waals surface area contributed by atoms with Crippen LogP contribution < -0.4 is 5.32 Å². The smallest absolute Gasteiger partial charge is 0.234 e. The van der Waals surface area contributed by atoms with Crippen molar-refractivity contribution in [1.82, 2.24) is 14.8 Å². The predicted octanol–water partition coefficient (Wildman–Crippen LogP) is 6.42. The zero-order valence-corrected chi connectivity index (χ0v) is 19.2. The number of nitrogens with one attached hydrogen (secondary N) is 1.